The number of carboxylic acid groups (broad SMARTS) is 1. The molecule has 19 heavy (non-hydrogen) atoms. The smallest absolute Gasteiger partial charge is 0.389 e. The minimum absolute atomic E-state index is 0.0133. The minimum atomic E-state index is -4.24. The van der Waals surface area contributed by atoms with Gasteiger partial charge in [-0.05, 0) is 24.1 Å². The Bertz CT molecular complexity index is 460. The normalized spacial score (nSPS) is 13.1. The molecule has 0 fully saturated rings. The Hall–Kier alpha value is -1.43. The Kier molecular flexibility index (Phi) is 5.05. The summed E-state index contributed by atoms with van der Waals surface area (Å²) in [7, 11) is 0. The lowest BCUT2D eigenvalue weighted by Gasteiger charge is -2.15. The van der Waals surface area contributed by atoms with Crippen LogP contribution in [0.25, 0.3) is 0 Å². The number of benzene rings is 1. The standard InChI is InChI=1S/C12H12ClF3O3/c1-7(5-12(14,15)16)6-19-10-3-2-8(11(17)18)4-9(10)13/h2-4,7H,5-6H2,1H3,(H,17,18). The molecule has 0 saturated heterocycles. The van der Waals surface area contributed by atoms with Gasteiger partial charge in [-0.2, -0.15) is 13.2 Å². The second-order valence-corrected chi connectivity index (χ2v) is 4.59. The van der Waals surface area contributed by atoms with Gasteiger partial charge in [0.05, 0.1) is 17.2 Å². The number of hydrogen-bond acceptors (Lipinski definition) is 2. The molecule has 7 heteroatoms. The monoisotopic (exact) mass is 296 g/mol. The molecule has 0 aliphatic heterocycles. The summed E-state index contributed by atoms with van der Waals surface area (Å²) < 4.78 is 41.5. The van der Waals surface area contributed by atoms with Crippen LogP contribution >= 0.6 is 11.6 Å². The maximum atomic E-state index is 12.1. The van der Waals surface area contributed by atoms with Gasteiger partial charge in [-0.15, -0.1) is 0 Å². The Labute approximate surface area is 112 Å². The summed E-state index contributed by atoms with van der Waals surface area (Å²) >= 11 is 5.78. The number of ether oxygens (including phenoxy) is 1. The van der Waals surface area contributed by atoms with E-state index in [4.69, 9.17) is 21.4 Å². The highest BCUT2D eigenvalue weighted by Gasteiger charge is 2.30. The topological polar surface area (TPSA) is 46.5 Å². The van der Waals surface area contributed by atoms with Crippen molar-refractivity contribution in [1.82, 2.24) is 0 Å². The average molecular weight is 297 g/mol. The molecule has 0 saturated carbocycles. The van der Waals surface area contributed by atoms with Crippen molar-refractivity contribution < 1.29 is 27.8 Å². The molecular formula is C12H12ClF3O3. The third-order valence-corrected chi connectivity index (χ3v) is 2.58. The molecular weight excluding hydrogens is 285 g/mol. The van der Waals surface area contributed by atoms with E-state index in [1.54, 1.807) is 0 Å². The van der Waals surface area contributed by atoms with Crippen molar-refractivity contribution in [2.24, 2.45) is 5.92 Å². The molecule has 0 amide bonds. The zero-order chi connectivity index (χ0) is 14.6. The number of alkyl halides is 3. The van der Waals surface area contributed by atoms with Gasteiger partial charge in [-0.3, -0.25) is 0 Å². The molecule has 0 aliphatic carbocycles. The minimum Gasteiger partial charge on any atom is -0.492 e. The Morgan fingerprint density at radius 2 is 2.11 bits per heavy atom. The highest BCUT2D eigenvalue weighted by molar-refractivity contribution is 6.32. The summed E-state index contributed by atoms with van der Waals surface area (Å²) in [5, 5.41) is 8.78. The highest BCUT2D eigenvalue weighted by Crippen LogP contribution is 2.28. The van der Waals surface area contributed by atoms with E-state index in [2.05, 4.69) is 0 Å². The average Bonchev–Trinajstić information content (AvgIpc) is 2.24. The Morgan fingerprint density at radius 1 is 1.47 bits per heavy atom. The number of halogens is 4. The maximum absolute atomic E-state index is 12.1. The zero-order valence-electron chi connectivity index (χ0n) is 10.00. The molecule has 1 N–H and O–H groups in total. The first-order chi connectivity index (χ1) is 8.69. The maximum Gasteiger partial charge on any atom is 0.389 e. The summed E-state index contributed by atoms with van der Waals surface area (Å²) in [5.74, 6) is -1.69. The lowest BCUT2D eigenvalue weighted by atomic mass is 10.1. The van der Waals surface area contributed by atoms with Crippen LogP contribution < -0.4 is 4.74 Å². The summed E-state index contributed by atoms with van der Waals surface area (Å²) in [6.45, 7) is 1.26. The van der Waals surface area contributed by atoms with E-state index in [-0.39, 0.29) is 22.9 Å². The van der Waals surface area contributed by atoms with Crippen LogP contribution in [0.1, 0.15) is 23.7 Å². The van der Waals surface area contributed by atoms with E-state index >= 15 is 0 Å². The van der Waals surface area contributed by atoms with Crippen LogP contribution in [0, 0.1) is 5.92 Å². The molecule has 0 radical (unpaired) electrons. The van der Waals surface area contributed by atoms with Gasteiger partial charge in [0.15, 0.2) is 0 Å². The van der Waals surface area contributed by atoms with Crippen LogP contribution in [0.2, 0.25) is 5.02 Å². The van der Waals surface area contributed by atoms with Crippen molar-refractivity contribution in [3.8, 4) is 5.75 Å². The van der Waals surface area contributed by atoms with Gasteiger partial charge in [-0.25, -0.2) is 4.79 Å². The van der Waals surface area contributed by atoms with Gasteiger partial charge < -0.3 is 9.84 Å². The first kappa shape index (κ1) is 15.6. The first-order valence-electron chi connectivity index (χ1n) is 5.41. The van der Waals surface area contributed by atoms with Crippen LogP contribution in [-0.2, 0) is 0 Å². The Balaban J connectivity index is 2.61. The van der Waals surface area contributed by atoms with E-state index in [0.717, 1.165) is 0 Å². The lowest BCUT2D eigenvalue weighted by molar-refractivity contribution is -0.145. The van der Waals surface area contributed by atoms with Crippen molar-refractivity contribution in [3.05, 3.63) is 28.8 Å². The lowest BCUT2D eigenvalue weighted by Crippen LogP contribution is -2.18. The van der Waals surface area contributed by atoms with Crippen LogP contribution in [0.5, 0.6) is 5.75 Å². The highest BCUT2D eigenvalue weighted by atomic mass is 35.5. The van der Waals surface area contributed by atoms with Crippen LogP contribution in [0.15, 0.2) is 18.2 Å². The van der Waals surface area contributed by atoms with Crippen molar-refractivity contribution in [2.45, 2.75) is 19.5 Å². The quantitative estimate of drug-likeness (QED) is 0.893. The third kappa shape index (κ3) is 5.38. The van der Waals surface area contributed by atoms with Gasteiger partial charge in [0.1, 0.15) is 5.75 Å². The van der Waals surface area contributed by atoms with Gasteiger partial charge >= 0.3 is 12.1 Å². The zero-order valence-corrected chi connectivity index (χ0v) is 10.8. The van der Waals surface area contributed by atoms with Crippen molar-refractivity contribution >= 4 is 17.6 Å². The predicted molar refractivity (Wildman–Crippen MR) is 63.7 cm³/mol. The number of carbonyl (C=O) groups is 1. The van der Waals surface area contributed by atoms with Crippen LogP contribution in [-0.4, -0.2) is 23.9 Å². The molecule has 1 rings (SSSR count). The van der Waals surface area contributed by atoms with Gasteiger partial charge in [-0.1, -0.05) is 18.5 Å². The van der Waals surface area contributed by atoms with Gasteiger partial charge in [0, 0.05) is 6.42 Å². The summed E-state index contributed by atoms with van der Waals surface area (Å²) in [4.78, 5) is 10.7. The van der Waals surface area contributed by atoms with Crippen molar-refractivity contribution in [1.29, 1.82) is 0 Å². The van der Waals surface area contributed by atoms with E-state index in [1.807, 2.05) is 0 Å². The molecule has 0 aromatic heterocycles. The SMILES string of the molecule is CC(COc1ccc(C(=O)O)cc1Cl)CC(F)(F)F. The van der Waals surface area contributed by atoms with Crippen LogP contribution in [0.4, 0.5) is 13.2 Å². The van der Waals surface area contributed by atoms with Crippen molar-refractivity contribution in [3.63, 3.8) is 0 Å². The van der Waals surface area contributed by atoms with Crippen molar-refractivity contribution in [2.75, 3.05) is 6.61 Å². The molecule has 0 bridgehead atoms. The van der Waals surface area contributed by atoms with E-state index in [9.17, 15) is 18.0 Å². The number of aromatic carboxylic acids is 1. The fourth-order valence-electron chi connectivity index (χ4n) is 1.44. The van der Waals surface area contributed by atoms with Gasteiger partial charge in [0.2, 0.25) is 0 Å². The predicted octanol–water partition coefficient (Wildman–Crippen LogP) is 4.01. The molecule has 1 aromatic carbocycles. The fraction of sp³-hybridized carbons (Fsp3) is 0.417. The summed E-state index contributed by atoms with van der Waals surface area (Å²) in [6.07, 6.45) is -5.18. The third-order valence-electron chi connectivity index (χ3n) is 2.28. The Morgan fingerprint density at radius 3 is 2.58 bits per heavy atom. The van der Waals surface area contributed by atoms with Gasteiger partial charge in [0.25, 0.3) is 0 Å². The summed E-state index contributed by atoms with van der Waals surface area (Å²) in [6, 6.07) is 3.79. The van der Waals surface area contributed by atoms with Crippen LogP contribution in [0.3, 0.4) is 0 Å². The number of hydrogen-bond donors (Lipinski definition) is 1. The number of rotatable bonds is 5. The fourth-order valence-corrected chi connectivity index (χ4v) is 1.67. The second kappa shape index (κ2) is 6.14. The molecule has 3 nitrogen and oxygen atoms in total. The molecule has 1 unspecified atom stereocenters. The molecule has 0 heterocycles. The molecule has 0 aliphatic rings. The number of carboxylic acids is 1. The largest absolute Gasteiger partial charge is 0.492 e. The molecule has 106 valence electrons. The second-order valence-electron chi connectivity index (χ2n) is 4.19. The molecule has 1 atom stereocenters. The first-order valence-corrected chi connectivity index (χ1v) is 5.79. The summed E-state index contributed by atoms with van der Waals surface area (Å²) in [5.41, 5.74) is -0.0133. The molecule has 0 spiro atoms. The van der Waals surface area contributed by atoms with E-state index in [1.165, 1.54) is 25.1 Å². The van der Waals surface area contributed by atoms with E-state index in [0.29, 0.717) is 0 Å². The van der Waals surface area contributed by atoms with E-state index < -0.39 is 24.5 Å². The molecule has 1 aromatic rings.